The van der Waals surface area contributed by atoms with E-state index in [4.69, 9.17) is 5.73 Å². The number of benzene rings is 1. The maximum atomic E-state index is 11.2. The molecule has 28 heavy (non-hydrogen) atoms. The molecule has 1 aliphatic carbocycles. The summed E-state index contributed by atoms with van der Waals surface area (Å²) in [5, 5.41) is 7.00. The minimum Gasteiger partial charge on any atom is -0.366 e. The van der Waals surface area contributed by atoms with Crippen molar-refractivity contribution in [2.24, 2.45) is 10.7 Å². The molecule has 2 fully saturated rings. The normalized spacial score (nSPS) is 20.5. The average Bonchev–Trinajstić information content (AvgIpc) is 2.75. The Morgan fingerprint density at radius 2 is 1.68 bits per heavy atom. The van der Waals surface area contributed by atoms with Crippen LogP contribution in [0.2, 0.25) is 0 Å². The molecule has 1 aliphatic heterocycles. The van der Waals surface area contributed by atoms with Gasteiger partial charge >= 0.3 is 0 Å². The van der Waals surface area contributed by atoms with Gasteiger partial charge in [0.05, 0.1) is 0 Å². The predicted molar refractivity (Wildman–Crippen MR) is 114 cm³/mol. The number of nitrogens with zero attached hydrogens (tertiary/aromatic N) is 2. The van der Waals surface area contributed by atoms with Crippen molar-refractivity contribution < 1.29 is 4.79 Å². The molecule has 6 nitrogen and oxygen atoms in total. The summed E-state index contributed by atoms with van der Waals surface area (Å²) in [6.45, 7) is 4.09. The quantitative estimate of drug-likeness (QED) is 0.519. The molecule has 3 rings (SSSR count). The van der Waals surface area contributed by atoms with E-state index in [0.29, 0.717) is 12.1 Å². The number of carbonyl (C=O) groups excluding carboxylic acids is 1. The first-order valence-electron chi connectivity index (χ1n) is 10.7. The second-order valence-electron chi connectivity index (χ2n) is 8.17. The fourth-order valence-corrected chi connectivity index (χ4v) is 4.62. The number of piperidine rings is 1. The molecule has 0 unspecified atom stereocenters. The standard InChI is InChI=1S/C22H35N5O/c1-24-21(25-16-18-8-10-19(11-9-18)20(23)28)26-17-22(12-4-2-5-13-22)27-14-6-3-7-15-27/h8-11H,2-7,12-17H2,1H3,(H2,23,28)(H2,24,25,26). The summed E-state index contributed by atoms with van der Waals surface area (Å²) in [5.74, 6) is 0.438. The van der Waals surface area contributed by atoms with Crippen molar-refractivity contribution in [2.45, 2.75) is 63.5 Å². The zero-order valence-corrected chi connectivity index (χ0v) is 17.2. The van der Waals surface area contributed by atoms with Crippen LogP contribution < -0.4 is 16.4 Å². The monoisotopic (exact) mass is 385 g/mol. The third-order valence-electron chi connectivity index (χ3n) is 6.32. The van der Waals surface area contributed by atoms with Crippen molar-refractivity contribution in [3.05, 3.63) is 35.4 Å². The lowest BCUT2D eigenvalue weighted by Gasteiger charge is -2.48. The van der Waals surface area contributed by atoms with Gasteiger partial charge in [0, 0.05) is 31.2 Å². The molecule has 1 heterocycles. The van der Waals surface area contributed by atoms with Crippen LogP contribution in [-0.2, 0) is 6.54 Å². The highest BCUT2D eigenvalue weighted by atomic mass is 16.1. The van der Waals surface area contributed by atoms with Crippen LogP contribution in [0.1, 0.15) is 67.3 Å². The molecule has 154 valence electrons. The highest BCUT2D eigenvalue weighted by Crippen LogP contribution is 2.35. The van der Waals surface area contributed by atoms with Crippen molar-refractivity contribution in [1.82, 2.24) is 15.5 Å². The molecule has 1 amide bonds. The zero-order chi connectivity index (χ0) is 19.8. The lowest BCUT2D eigenvalue weighted by molar-refractivity contribution is 0.0368. The number of hydrogen-bond acceptors (Lipinski definition) is 3. The van der Waals surface area contributed by atoms with E-state index >= 15 is 0 Å². The second-order valence-corrected chi connectivity index (χ2v) is 8.17. The Hall–Kier alpha value is -2.08. The molecule has 4 N–H and O–H groups in total. The summed E-state index contributed by atoms with van der Waals surface area (Å²) in [5.41, 5.74) is 7.21. The third kappa shape index (κ3) is 5.25. The highest BCUT2D eigenvalue weighted by Gasteiger charge is 2.38. The number of carbonyl (C=O) groups is 1. The van der Waals surface area contributed by atoms with Gasteiger partial charge in [0.15, 0.2) is 5.96 Å². The summed E-state index contributed by atoms with van der Waals surface area (Å²) in [7, 11) is 1.82. The van der Waals surface area contributed by atoms with E-state index in [1.807, 2.05) is 19.2 Å². The fourth-order valence-electron chi connectivity index (χ4n) is 4.62. The Labute approximate surface area is 169 Å². The molecule has 0 radical (unpaired) electrons. The number of aliphatic imine (C=N–C) groups is 1. The van der Waals surface area contributed by atoms with Gasteiger partial charge in [0.25, 0.3) is 0 Å². The summed E-state index contributed by atoms with van der Waals surface area (Å²) in [4.78, 5) is 18.4. The number of likely N-dealkylation sites (tertiary alicyclic amines) is 1. The van der Waals surface area contributed by atoms with E-state index in [1.165, 1.54) is 64.5 Å². The van der Waals surface area contributed by atoms with Crippen LogP contribution in [0.25, 0.3) is 0 Å². The number of hydrogen-bond donors (Lipinski definition) is 3. The van der Waals surface area contributed by atoms with Crippen LogP contribution in [0.3, 0.4) is 0 Å². The number of primary amides is 1. The van der Waals surface area contributed by atoms with Gasteiger partial charge in [-0.25, -0.2) is 0 Å². The number of nitrogens with one attached hydrogen (secondary N) is 2. The van der Waals surface area contributed by atoms with Gasteiger partial charge in [-0.15, -0.1) is 0 Å². The molecule has 0 atom stereocenters. The number of rotatable bonds is 6. The molecule has 0 aromatic heterocycles. The van der Waals surface area contributed by atoms with Crippen LogP contribution in [0, 0.1) is 0 Å². The van der Waals surface area contributed by atoms with Crippen molar-refractivity contribution in [3.8, 4) is 0 Å². The van der Waals surface area contributed by atoms with E-state index in [-0.39, 0.29) is 5.54 Å². The second kappa shape index (κ2) is 9.92. The van der Waals surface area contributed by atoms with Gasteiger partial charge in [-0.2, -0.15) is 0 Å². The van der Waals surface area contributed by atoms with Crippen molar-refractivity contribution in [2.75, 3.05) is 26.7 Å². The van der Waals surface area contributed by atoms with Crippen LogP contribution in [-0.4, -0.2) is 49.0 Å². The molecule has 0 spiro atoms. The van der Waals surface area contributed by atoms with Gasteiger partial charge in [0.2, 0.25) is 5.91 Å². The van der Waals surface area contributed by atoms with E-state index < -0.39 is 5.91 Å². The van der Waals surface area contributed by atoms with Gasteiger partial charge in [0.1, 0.15) is 0 Å². The van der Waals surface area contributed by atoms with Gasteiger partial charge < -0.3 is 16.4 Å². The number of guanidine groups is 1. The summed E-state index contributed by atoms with van der Waals surface area (Å²) in [6.07, 6.45) is 10.6. The molecule has 1 aromatic carbocycles. The van der Waals surface area contributed by atoms with Crippen LogP contribution in [0.5, 0.6) is 0 Å². The summed E-state index contributed by atoms with van der Waals surface area (Å²) >= 11 is 0. The largest absolute Gasteiger partial charge is 0.366 e. The van der Waals surface area contributed by atoms with E-state index in [1.54, 1.807) is 12.1 Å². The summed E-state index contributed by atoms with van der Waals surface area (Å²) < 4.78 is 0. The lowest BCUT2D eigenvalue weighted by Crippen LogP contribution is -2.59. The first-order valence-corrected chi connectivity index (χ1v) is 10.7. The van der Waals surface area contributed by atoms with Crippen LogP contribution in [0.15, 0.2) is 29.3 Å². The molecular formula is C22H35N5O. The maximum absolute atomic E-state index is 11.2. The smallest absolute Gasteiger partial charge is 0.248 e. The minimum absolute atomic E-state index is 0.277. The Morgan fingerprint density at radius 1 is 1.04 bits per heavy atom. The Kier molecular flexibility index (Phi) is 7.31. The Morgan fingerprint density at radius 3 is 2.29 bits per heavy atom. The average molecular weight is 386 g/mol. The van der Waals surface area contributed by atoms with Crippen molar-refractivity contribution in [1.29, 1.82) is 0 Å². The molecule has 0 bridgehead atoms. The van der Waals surface area contributed by atoms with Crippen molar-refractivity contribution >= 4 is 11.9 Å². The molecule has 6 heteroatoms. The highest BCUT2D eigenvalue weighted by molar-refractivity contribution is 5.92. The Balaban J connectivity index is 1.56. The molecule has 1 aromatic rings. The third-order valence-corrected chi connectivity index (χ3v) is 6.32. The van der Waals surface area contributed by atoms with E-state index in [9.17, 15) is 4.79 Å². The van der Waals surface area contributed by atoms with Crippen LogP contribution >= 0.6 is 0 Å². The summed E-state index contributed by atoms with van der Waals surface area (Å²) in [6, 6.07) is 7.39. The minimum atomic E-state index is -0.396. The van der Waals surface area contributed by atoms with Gasteiger partial charge in [-0.3, -0.25) is 14.7 Å². The molecular weight excluding hydrogens is 350 g/mol. The van der Waals surface area contributed by atoms with E-state index in [2.05, 4.69) is 20.5 Å². The van der Waals surface area contributed by atoms with E-state index in [0.717, 1.165) is 18.1 Å². The maximum Gasteiger partial charge on any atom is 0.248 e. The first kappa shape index (κ1) is 20.6. The van der Waals surface area contributed by atoms with Crippen LogP contribution in [0.4, 0.5) is 0 Å². The van der Waals surface area contributed by atoms with Gasteiger partial charge in [-0.1, -0.05) is 37.8 Å². The van der Waals surface area contributed by atoms with Crippen molar-refractivity contribution in [3.63, 3.8) is 0 Å². The number of amides is 1. The Bertz CT molecular complexity index is 658. The predicted octanol–water partition coefficient (Wildman–Crippen LogP) is 2.64. The molecule has 1 saturated heterocycles. The lowest BCUT2D eigenvalue weighted by atomic mass is 9.79. The SMILES string of the molecule is CN=C(NCc1ccc(C(N)=O)cc1)NCC1(N2CCCCC2)CCCCC1. The molecule has 1 saturated carbocycles. The first-order chi connectivity index (χ1) is 13.6. The fraction of sp³-hybridized carbons (Fsp3) is 0.636. The zero-order valence-electron chi connectivity index (χ0n) is 17.2. The number of nitrogens with two attached hydrogens (primary N) is 1. The topological polar surface area (TPSA) is 82.7 Å². The van der Waals surface area contributed by atoms with Gasteiger partial charge in [-0.05, 0) is 56.5 Å². The molecule has 2 aliphatic rings.